The summed E-state index contributed by atoms with van der Waals surface area (Å²) in [4.78, 5) is 21.9. The van der Waals surface area contributed by atoms with Gasteiger partial charge in [-0.15, -0.1) is 0 Å². The van der Waals surface area contributed by atoms with E-state index in [0.29, 0.717) is 0 Å². The van der Waals surface area contributed by atoms with Gasteiger partial charge in [0.2, 0.25) is 0 Å². The first-order valence-electron chi connectivity index (χ1n) is 4.37. The SMILES string of the molecule is COC(=O)[C@H](C)/C=C/[C@H](C)C(=O)OC. The molecule has 0 saturated heterocycles. The number of rotatable bonds is 4. The van der Waals surface area contributed by atoms with Crippen LogP contribution < -0.4 is 0 Å². The van der Waals surface area contributed by atoms with Gasteiger partial charge < -0.3 is 9.47 Å². The molecule has 0 saturated carbocycles. The van der Waals surface area contributed by atoms with Crippen LogP contribution in [0.5, 0.6) is 0 Å². The van der Waals surface area contributed by atoms with Crippen molar-refractivity contribution in [3.63, 3.8) is 0 Å². The van der Waals surface area contributed by atoms with Crippen molar-refractivity contribution in [2.45, 2.75) is 13.8 Å². The van der Waals surface area contributed by atoms with E-state index in [2.05, 4.69) is 9.47 Å². The summed E-state index contributed by atoms with van der Waals surface area (Å²) in [6, 6.07) is 0. The van der Waals surface area contributed by atoms with Crippen LogP contribution in [-0.2, 0) is 19.1 Å². The van der Waals surface area contributed by atoms with Crippen molar-refractivity contribution in [3.05, 3.63) is 12.2 Å². The molecule has 80 valence electrons. The highest BCUT2D eigenvalue weighted by Crippen LogP contribution is 2.05. The minimum atomic E-state index is -0.341. The third-order valence-electron chi connectivity index (χ3n) is 1.83. The molecule has 0 aromatic carbocycles. The Hall–Kier alpha value is -1.32. The molecule has 0 aromatic rings. The second-order valence-corrected chi connectivity index (χ2v) is 3.01. The van der Waals surface area contributed by atoms with Crippen LogP contribution in [0.2, 0.25) is 0 Å². The lowest BCUT2D eigenvalue weighted by molar-refractivity contribution is -0.144. The molecule has 0 aliphatic rings. The van der Waals surface area contributed by atoms with Gasteiger partial charge in [-0.3, -0.25) is 9.59 Å². The van der Waals surface area contributed by atoms with E-state index in [0.717, 1.165) is 0 Å². The Balaban J connectivity index is 4.16. The fraction of sp³-hybridized carbons (Fsp3) is 0.600. The average Bonchev–Trinajstić information content (AvgIpc) is 2.22. The fourth-order valence-corrected chi connectivity index (χ4v) is 0.862. The summed E-state index contributed by atoms with van der Waals surface area (Å²) < 4.78 is 9.05. The van der Waals surface area contributed by atoms with Crippen molar-refractivity contribution in [2.24, 2.45) is 11.8 Å². The van der Waals surface area contributed by atoms with Crippen LogP contribution in [-0.4, -0.2) is 26.2 Å². The third kappa shape index (κ3) is 4.07. The number of esters is 2. The first-order valence-corrected chi connectivity index (χ1v) is 4.37. The summed E-state index contributed by atoms with van der Waals surface area (Å²) in [5.41, 5.74) is 0. The largest absolute Gasteiger partial charge is 0.469 e. The molecular weight excluding hydrogens is 184 g/mol. The zero-order valence-corrected chi connectivity index (χ0v) is 8.94. The molecule has 0 bridgehead atoms. The van der Waals surface area contributed by atoms with Crippen molar-refractivity contribution < 1.29 is 19.1 Å². The molecule has 0 aliphatic heterocycles. The van der Waals surface area contributed by atoms with Gasteiger partial charge in [-0.25, -0.2) is 0 Å². The van der Waals surface area contributed by atoms with Crippen LogP contribution in [0.4, 0.5) is 0 Å². The Labute approximate surface area is 83.9 Å². The van der Waals surface area contributed by atoms with E-state index in [1.165, 1.54) is 14.2 Å². The van der Waals surface area contributed by atoms with Crippen molar-refractivity contribution >= 4 is 11.9 Å². The Morgan fingerprint density at radius 1 is 0.929 bits per heavy atom. The summed E-state index contributed by atoms with van der Waals surface area (Å²) >= 11 is 0. The maximum atomic E-state index is 11.0. The average molecular weight is 200 g/mol. The number of methoxy groups -OCH3 is 2. The van der Waals surface area contributed by atoms with Crippen LogP contribution in [0.1, 0.15) is 13.8 Å². The summed E-state index contributed by atoms with van der Waals surface area (Å²) in [5, 5.41) is 0. The van der Waals surface area contributed by atoms with Gasteiger partial charge in [0, 0.05) is 0 Å². The molecule has 0 aromatic heterocycles. The molecule has 0 heterocycles. The van der Waals surface area contributed by atoms with Crippen molar-refractivity contribution in [1.82, 2.24) is 0 Å². The second-order valence-electron chi connectivity index (χ2n) is 3.01. The first kappa shape index (κ1) is 12.7. The topological polar surface area (TPSA) is 52.6 Å². The van der Waals surface area contributed by atoms with Gasteiger partial charge >= 0.3 is 11.9 Å². The number of ether oxygens (including phenoxy) is 2. The first-order chi connectivity index (χ1) is 6.52. The van der Waals surface area contributed by atoms with Crippen molar-refractivity contribution in [1.29, 1.82) is 0 Å². The van der Waals surface area contributed by atoms with Gasteiger partial charge in [0.15, 0.2) is 0 Å². The summed E-state index contributed by atoms with van der Waals surface area (Å²) in [6.45, 7) is 3.40. The predicted octanol–water partition coefficient (Wildman–Crippen LogP) is 1.16. The van der Waals surface area contributed by atoms with Crippen LogP contribution in [0.25, 0.3) is 0 Å². The van der Waals surface area contributed by atoms with E-state index in [4.69, 9.17) is 0 Å². The Morgan fingerprint density at radius 2 is 1.21 bits per heavy atom. The molecule has 0 fully saturated rings. The highest BCUT2D eigenvalue weighted by molar-refractivity contribution is 5.75. The maximum absolute atomic E-state index is 11.0. The lowest BCUT2D eigenvalue weighted by Gasteiger charge is -2.05. The van der Waals surface area contributed by atoms with Gasteiger partial charge in [-0.05, 0) is 13.8 Å². The smallest absolute Gasteiger partial charge is 0.312 e. The van der Waals surface area contributed by atoms with E-state index in [1.807, 2.05) is 0 Å². The molecule has 0 N–H and O–H groups in total. The maximum Gasteiger partial charge on any atom is 0.312 e. The molecule has 0 aliphatic carbocycles. The van der Waals surface area contributed by atoms with E-state index < -0.39 is 0 Å². The molecule has 2 atom stereocenters. The quantitative estimate of drug-likeness (QED) is 0.504. The second kappa shape index (κ2) is 6.18. The molecule has 14 heavy (non-hydrogen) atoms. The number of hydrogen-bond acceptors (Lipinski definition) is 4. The highest BCUT2D eigenvalue weighted by Gasteiger charge is 2.12. The van der Waals surface area contributed by atoms with Gasteiger partial charge in [-0.1, -0.05) is 12.2 Å². The molecule has 0 spiro atoms. The molecular formula is C10H16O4. The Kier molecular flexibility index (Phi) is 5.60. The summed E-state index contributed by atoms with van der Waals surface area (Å²) in [6.07, 6.45) is 3.26. The lowest BCUT2D eigenvalue weighted by Crippen LogP contribution is -2.13. The van der Waals surface area contributed by atoms with Crippen LogP contribution in [0.15, 0.2) is 12.2 Å². The fourth-order valence-electron chi connectivity index (χ4n) is 0.862. The zero-order valence-electron chi connectivity index (χ0n) is 8.94. The van der Waals surface area contributed by atoms with Crippen LogP contribution >= 0.6 is 0 Å². The van der Waals surface area contributed by atoms with E-state index in [9.17, 15) is 9.59 Å². The predicted molar refractivity (Wildman–Crippen MR) is 51.5 cm³/mol. The molecule has 0 amide bonds. The van der Waals surface area contributed by atoms with Crippen LogP contribution in [0.3, 0.4) is 0 Å². The van der Waals surface area contributed by atoms with E-state index in [-0.39, 0.29) is 23.8 Å². The van der Waals surface area contributed by atoms with Gasteiger partial charge in [0.1, 0.15) is 0 Å². The minimum Gasteiger partial charge on any atom is -0.469 e. The standard InChI is InChI=1S/C10H16O4/c1-7(9(11)13-3)5-6-8(2)10(12)14-4/h5-8H,1-4H3/b6-5+/t7-,8+. The van der Waals surface area contributed by atoms with Gasteiger partial charge in [0.05, 0.1) is 26.1 Å². The number of hydrogen-bond donors (Lipinski definition) is 0. The lowest BCUT2D eigenvalue weighted by atomic mass is 10.1. The van der Waals surface area contributed by atoms with Gasteiger partial charge in [-0.2, -0.15) is 0 Å². The van der Waals surface area contributed by atoms with Crippen molar-refractivity contribution in [3.8, 4) is 0 Å². The minimum absolute atomic E-state index is 0.321. The van der Waals surface area contributed by atoms with Gasteiger partial charge in [0.25, 0.3) is 0 Å². The number of carbonyl (C=O) groups is 2. The normalized spacial score (nSPS) is 14.9. The third-order valence-corrected chi connectivity index (χ3v) is 1.83. The zero-order chi connectivity index (χ0) is 11.1. The summed E-state index contributed by atoms with van der Waals surface area (Å²) in [5.74, 6) is -1.32. The van der Waals surface area contributed by atoms with Crippen molar-refractivity contribution in [2.75, 3.05) is 14.2 Å². The summed E-state index contributed by atoms with van der Waals surface area (Å²) in [7, 11) is 2.66. The Morgan fingerprint density at radius 3 is 1.43 bits per heavy atom. The number of carbonyl (C=O) groups excluding carboxylic acids is 2. The van der Waals surface area contributed by atoms with E-state index >= 15 is 0 Å². The highest BCUT2D eigenvalue weighted by atomic mass is 16.5. The molecule has 4 nitrogen and oxygen atoms in total. The Bertz CT molecular complexity index is 208. The molecule has 0 rings (SSSR count). The molecule has 0 radical (unpaired) electrons. The molecule has 4 heteroatoms. The van der Waals surface area contributed by atoms with Crippen LogP contribution in [0, 0.1) is 11.8 Å². The molecule has 0 unspecified atom stereocenters. The monoisotopic (exact) mass is 200 g/mol. The van der Waals surface area contributed by atoms with E-state index in [1.54, 1.807) is 26.0 Å².